The molecule has 2 heterocycles. The van der Waals surface area contributed by atoms with Gasteiger partial charge in [-0.05, 0) is 29.7 Å². The molecule has 0 atom stereocenters. The average molecular weight is 469 g/mol. The maximum absolute atomic E-state index is 13.2. The second kappa shape index (κ2) is 11.9. The Morgan fingerprint density at radius 3 is 2.68 bits per heavy atom. The van der Waals surface area contributed by atoms with Crippen LogP contribution in [0.5, 0.6) is 0 Å². The van der Waals surface area contributed by atoms with Crippen LogP contribution in [0.2, 0.25) is 0 Å². The van der Waals surface area contributed by atoms with Crippen molar-refractivity contribution in [3.8, 4) is 0 Å². The van der Waals surface area contributed by atoms with Gasteiger partial charge in [-0.2, -0.15) is 5.10 Å². The summed E-state index contributed by atoms with van der Waals surface area (Å²) in [6.45, 7) is 5.77. The highest BCUT2D eigenvalue weighted by Gasteiger charge is 2.32. The predicted octanol–water partition coefficient (Wildman–Crippen LogP) is 3.96. The van der Waals surface area contributed by atoms with Crippen molar-refractivity contribution in [2.75, 3.05) is 38.8 Å². The molecule has 1 aliphatic rings. The van der Waals surface area contributed by atoms with Gasteiger partial charge in [-0.25, -0.2) is 14.0 Å². The number of allylic oxidation sites excluding steroid dienone is 4. The topological polar surface area (TPSA) is 76.9 Å². The molecule has 0 unspecified atom stereocenters. The fourth-order valence-electron chi connectivity index (χ4n) is 3.57. The predicted molar refractivity (Wildman–Crippen MR) is 127 cm³/mol. The van der Waals surface area contributed by atoms with Gasteiger partial charge in [-0.15, -0.1) is 6.58 Å². The summed E-state index contributed by atoms with van der Waals surface area (Å²) in [5.41, 5.74) is 1.98. The van der Waals surface area contributed by atoms with E-state index in [4.69, 9.17) is 9.47 Å². The minimum Gasteiger partial charge on any atom is -0.464 e. The molecule has 8 nitrogen and oxygen atoms in total. The Balaban J connectivity index is 1.82. The number of ether oxygens (including phenoxy) is 2. The molecule has 1 fully saturated rings. The molecule has 0 saturated carbocycles. The van der Waals surface area contributed by atoms with Crippen LogP contribution < -0.4 is 4.90 Å². The molecular formula is C25H29FN4O4. The lowest BCUT2D eigenvalue weighted by atomic mass is 10.2. The number of urea groups is 1. The highest BCUT2D eigenvalue weighted by molar-refractivity contribution is 5.95. The molecule has 2 amide bonds. The Morgan fingerprint density at radius 2 is 2.00 bits per heavy atom. The van der Waals surface area contributed by atoms with Crippen molar-refractivity contribution < 1.29 is 23.5 Å². The van der Waals surface area contributed by atoms with E-state index in [0.29, 0.717) is 45.0 Å². The van der Waals surface area contributed by atoms with E-state index in [9.17, 15) is 14.0 Å². The lowest BCUT2D eigenvalue weighted by Gasteiger charge is -2.17. The van der Waals surface area contributed by atoms with Gasteiger partial charge >= 0.3 is 12.0 Å². The van der Waals surface area contributed by atoms with Gasteiger partial charge in [0.1, 0.15) is 11.5 Å². The van der Waals surface area contributed by atoms with E-state index in [1.165, 1.54) is 28.8 Å². The normalized spacial score (nSPS) is 14.3. The molecule has 0 bridgehead atoms. The number of carbonyl (C=O) groups is 2. The number of anilines is 1. The fourth-order valence-corrected chi connectivity index (χ4v) is 3.57. The van der Waals surface area contributed by atoms with Crippen LogP contribution in [0.25, 0.3) is 0 Å². The van der Waals surface area contributed by atoms with Crippen LogP contribution in [0.1, 0.15) is 22.5 Å². The molecule has 2 aromatic rings. The van der Waals surface area contributed by atoms with Gasteiger partial charge < -0.3 is 14.4 Å². The molecular weight excluding hydrogens is 439 g/mol. The summed E-state index contributed by atoms with van der Waals surface area (Å²) in [7, 11) is 2.91. The second-order valence-corrected chi connectivity index (χ2v) is 7.68. The fraction of sp³-hybridized carbons (Fsp3) is 0.320. The van der Waals surface area contributed by atoms with Crippen LogP contribution in [-0.2, 0) is 22.6 Å². The van der Waals surface area contributed by atoms with E-state index < -0.39 is 5.97 Å². The molecule has 1 saturated heterocycles. The van der Waals surface area contributed by atoms with E-state index in [0.717, 1.165) is 11.1 Å². The smallest absolute Gasteiger partial charge is 0.356 e. The molecule has 180 valence electrons. The van der Waals surface area contributed by atoms with Crippen molar-refractivity contribution in [1.29, 1.82) is 0 Å². The molecule has 1 aromatic heterocycles. The van der Waals surface area contributed by atoms with Gasteiger partial charge in [-0.1, -0.05) is 36.4 Å². The summed E-state index contributed by atoms with van der Waals surface area (Å²) in [6, 6.07) is 7.39. The number of halogens is 1. The Kier molecular flexibility index (Phi) is 8.75. The zero-order chi connectivity index (χ0) is 24.5. The minimum absolute atomic E-state index is 0.229. The lowest BCUT2D eigenvalue weighted by Crippen LogP contribution is -2.31. The van der Waals surface area contributed by atoms with Crippen molar-refractivity contribution in [3.05, 3.63) is 83.9 Å². The number of amides is 2. The van der Waals surface area contributed by atoms with Crippen molar-refractivity contribution in [2.24, 2.45) is 0 Å². The van der Waals surface area contributed by atoms with Crippen molar-refractivity contribution in [2.45, 2.75) is 19.5 Å². The van der Waals surface area contributed by atoms with Crippen molar-refractivity contribution in [1.82, 2.24) is 14.7 Å². The monoisotopic (exact) mass is 468 g/mol. The molecule has 0 N–H and O–H groups in total. The van der Waals surface area contributed by atoms with E-state index in [1.807, 2.05) is 18.2 Å². The number of nitrogens with zero attached hydrogens (tertiary/aromatic N) is 4. The van der Waals surface area contributed by atoms with Gasteiger partial charge in [0.2, 0.25) is 0 Å². The summed E-state index contributed by atoms with van der Waals surface area (Å²) >= 11 is 0. The first-order chi connectivity index (χ1) is 16.5. The highest BCUT2D eigenvalue weighted by atomic mass is 19.1. The Hall–Kier alpha value is -3.72. The molecule has 9 heteroatoms. The summed E-state index contributed by atoms with van der Waals surface area (Å²) in [5.74, 6) is -0.494. The largest absolute Gasteiger partial charge is 0.464 e. The van der Waals surface area contributed by atoms with Crippen molar-refractivity contribution in [3.63, 3.8) is 0 Å². The third-order valence-electron chi connectivity index (χ3n) is 5.29. The van der Waals surface area contributed by atoms with Gasteiger partial charge in [0.05, 0.1) is 20.3 Å². The van der Waals surface area contributed by atoms with Gasteiger partial charge in [-0.3, -0.25) is 9.58 Å². The first-order valence-electron chi connectivity index (χ1n) is 10.9. The van der Waals surface area contributed by atoms with Crippen LogP contribution in [-0.4, -0.2) is 60.6 Å². The molecule has 1 aromatic carbocycles. The standard InChI is InChI=1S/C25H29FN4O4/c1-4-5-7-19(8-6-15-33-2)18-30-22(24(31)34-3)16-23(27-30)29-14-13-28(25(29)32)17-20-9-11-21(26)12-10-20/h4,6-12,16H,1,5,13-15,17-18H2,2-3H3/b8-6-,19-7+. The number of rotatable bonds is 11. The van der Waals surface area contributed by atoms with Gasteiger partial charge in [0.25, 0.3) is 0 Å². The first kappa shape index (κ1) is 24.9. The van der Waals surface area contributed by atoms with Gasteiger partial charge in [0, 0.05) is 32.8 Å². The highest BCUT2D eigenvalue weighted by Crippen LogP contribution is 2.23. The molecule has 0 spiro atoms. The molecule has 0 aliphatic carbocycles. The molecule has 0 radical (unpaired) electrons. The Bertz CT molecular complexity index is 1080. The van der Waals surface area contributed by atoms with Crippen LogP contribution in [0.15, 0.2) is 66.8 Å². The molecule has 34 heavy (non-hydrogen) atoms. The number of hydrogen-bond donors (Lipinski definition) is 0. The van der Waals surface area contributed by atoms with Crippen molar-refractivity contribution >= 4 is 17.8 Å². The van der Waals surface area contributed by atoms with Gasteiger partial charge in [0.15, 0.2) is 5.82 Å². The Morgan fingerprint density at radius 1 is 1.24 bits per heavy atom. The third kappa shape index (κ3) is 6.20. The van der Waals surface area contributed by atoms with E-state index >= 15 is 0 Å². The van der Waals surface area contributed by atoms with E-state index in [1.54, 1.807) is 36.3 Å². The zero-order valence-corrected chi connectivity index (χ0v) is 19.4. The molecule has 3 rings (SSSR count). The van der Waals surface area contributed by atoms with E-state index in [-0.39, 0.29) is 17.5 Å². The zero-order valence-electron chi connectivity index (χ0n) is 19.4. The molecule has 1 aliphatic heterocycles. The third-order valence-corrected chi connectivity index (χ3v) is 5.29. The number of aromatic nitrogens is 2. The first-order valence-corrected chi connectivity index (χ1v) is 10.9. The summed E-state index contributed by atoms with van der Waals surface area (Å²) in [5, 5.41) is 4.55. The summed E-state index contributed by atoms with van der Waals surface area (Å²) in [4.78, 5) is 28.7. The van der Waals surface area contributed by atoms with Crippen LogP contribution in [0.3, 0.4) is 0 Å². The number of benzene rings is 1. The van der Waals surface area contributed by atoms with E-state index in [2.05, 4.69) is 11.7 Å². The maximum atomic E-state index is 13.2. The number of hydrogen-bond acceptors (Lipinski definition) is 5. The average Bonchev–Trinajstić information content (AvgIpc) is 3.41. The lowest BCUT2D eigenvalue weighted by molar-refractivity contribution is 0.0587. The number of esters is 1. The quantitative estimate of drug-likeness (QED) is 0.284. The minimum atomic E-state index is -0.544. The number of carbonyl (C=O) groups excluding carboxylic acids is 2. The van der Waals surface area contributed by atoms with Crippen LogP contribution in [0.4, 0.5) is 15.0 Å². The van der Waals surface area contributed by atoms with Crippen LogP contribution in [0, 0.1) is 5.82 Å². The SMILES string of the molecule is C=CC/C=C(\C=C/COC)Cn1nc(N2CCN(Cc3ccc(F)cc3)C2=O)cc1C(=O)OC. The second-order valence-electron chi connectivity index (χ2n) is 7.68. The van der Waals surface area contributed by atoms with Crippen LogP contribution >= 0.6 is 0 Å². The summed E-state index contributed by atoms with van der Waals surface area (Å²) < 4.78 is 24.7. The summed E-state index contributed by atoms with van der Waals surface area (Å²) in [6.07, 6.45) is 8.18. The number of methoxy groups -OCH3 is 2. The maximum Gasteiger partial charge on any atom is 0.356 e. The Labute approximate surface area is 198 Å².